The number of aryl methyl sites for hydroxylation is 1. The normalized spacial score (nSPS) is 22.1. The van der Waals surface area contributed by atoms with Crippen molar-refractivity contribution in [2.45, 2.75) is 54.4 Å². The fourth-order valence-electron chi connectivity index (χ4n) is 3.12. The van der Waals surface area contributed by atoms with Gasteiger partial charge in [0.05, 0.1) is 15.5 Å². The summed E-state index contributed by atoms with van der Waals surface area (Å²) in [4.78, 5) is 0.457. The summed E-state index contributed by atoms with van der Waals surface area (Å²) in [5, 5.41) is 0. The first kappa shape index (κ1) is 15.0. The van der Waals surface area contributed by atoms with Crippen molar-refractivity contribution in [1.82, 2.24) is 4.72 Å². The molecule has 0 amide bonds. The number of nitrogens with one attached hydrogen (secondary N) is 1. The van der Waals surface area contributed by atoms with Gasteiger partial charge < -0.3 is 0 Å². The van der Waals surface area contributed by atoms with Crippen molar-refractivity contribution < 1.29 is 16.8 Å². The Morgan fingerprint density at radius 1 is 1.10 bits per heavy atom. The van der Waals surface area contributed by atoms with Gasteiger partial charge in [0.15, 0.2) is 9.84 Å². The molecule has 0 spiro atoms. The number of benzene rings is 1. The third kappa shape index (κ3) is 3.00. The molecule has 0 atom stereocenters. The molecule has 1 fully saturated rings. The van der Waals surface area contributed by atoms with Crippen molar-refractivity contribution >= 4 is 19.9 Å². The molecule has 7 heteroatoms. The molecule has 0 bridgehead atoms. The van der Waals surface area contributed by atoms with Crippen molar-refractivity contribution in [3.63, 3.8) is 0 Å². The summed E-state index contributed by atoms with van der Waals surface area (Å²) in [6.45, 7) is 0. The van der Waals surface area contributed by atoms with Gasteiger partial charge in [0, 0.05) is 6.04 Å². The Balaban J connectivity index is 1.93. The number of hydrogen-bond donors (Lipinski definition) is 1. The lowest BCUT2D eigenvalue weighted by Crippen LogP contribution is -2.32. The van der Waals surface area contributed by atoms with Crippen LogP contribution in [0.25, 0.3) is 0 Å². The second-order valence-corrected chi connectivity index (χ2v) is 9.59. The molecule has 1 heterocycles. The van der Waals surface area contributed by atoms with Crippen LogP contribution >= 0.6 is 0 Å². The van der Waals surface area contributed by atoms with Crippen LogP contribution in [0.5, 0.6) is 0 Å². The molecule has 1 N–H and O–H groups in total. The van der Waals surface area contributed by atoms with Crippen LogP contribution in [0.2, 0.25) is 0 Å². The lowest BCUT2D eigenvalue weighted by Gasteiger charge is -2.18. The predicted molar refractivity (Wildman–Crippen MR) is 79.4 cm³/mol. The molecule has 3 rings (SSSR count). The number of hydrogen-bond acceptors (Lipinski definition) is 4. The summed E-state index contributed by atoms with van der Waals surface area (Å²) >= 11 is 0. The number of fused-ring (bicyclic) bond motifs is 1. The van der Waals surface area contributed by atoms with Crippen molar-refractivity contribution in [1.29, 1.82) is 0 Å². The van der Waals surface area contributed by atoms with Gasteiger partial charge in [-0.15, -0.1) is 0 Å². The molecule has 1 aromatic rings. The molecule has 0 radical (unpaired) electrons. The van der Waals surface area contributed by atoms with Crippen LogP contribution < -0.4 is 4.72 Å². The minimum absolute atomic E-state index is 0.00904. The van der Waals surface area contributed by atoms with E-state index in [0.717, 1.165) is 25.7 Å². The quantitative estimate of drug-likeness (QED) is 0.914. The Morgan fingerprint density at radius 3 is 2.52 bits per heavy atom. The molecule has 116 valence electrons. The smallest absolute Gasteiger partial charge is 0.224 e. The first-order chi connectivity index (χ1) is 9.88. The van der Waals surface area contributed by atoms with Crippen LogP contribution in [0.4, 0.5) is 0 Å². The lowest BCUT2D eigenvalue weighted by atomic mass is 10.1. The average Bonchev–Trinajstić information content (AvgIpc) is 2.90. The Morgan fingerprint density at radius 2 is 1.81 bits per heavy atom. The third-order valence-corrected chi connectivity index (χ3v) is 7.63. The average molecular weight is 329 g/mol. The van der Waals surface area contributed by atoms with E-state index < -0.39 is 19.9 Å². The fourth-order valence-corrected chi connectivity index (χ4v) is 6.05. The van der Waals surface area contributed by atoms with Crippen LogP contribution in [-0.2, 0) is 26.3 Å². The Bertz CT molecular complexity index is 747. The number of sulfone groups is 1. The zero-order valence-electron chi connectivity index (χ0n) is 11.7. The van der Waals surface area contributed by atoms with E-state index in [1.54, 1.807) is 0 Å². The van der Waals surface area contributed by atoms with Crippen molar-refractivity contribution in [2.75, 3.05) is 5.75 Å². The van der Waals surface area contributed by atoms with Gasteiger partial charge in [-0.05, 0) is 49.4 Å². The molecule has 0 saturated heterocycles. The first-order valence-electron chi connectivity index (χ1n) is 7.26. The second kappa shape index (κ2) is 5.37. The van der Waals surface area contributed by atoms with Crippen LogP contribution in [0, 0.1) is 0 Å². The summed E-state index contributed by atoms with van der Waals surface area (Å²) in [6, 6.07) is 4.37. The molecular formula is C14H19NO4S2. The molecule has 1 saturated carbocycles. The van der Waals surface area contributed by atoms with Gasteiger partial charge >= 0.3 is 0 Å². The van der Waals surface area contributed by atoms with Crippen molar-refractivity contribution in [3.05, 3.63) is 23.8 Å². The van der Waals surface area contributed by atoms with Gasteiger partial charge in [-0.3, -0.25) is 0 Å². The Hall–Kier alpha value is -0.920. The van der Waals surface area contributed by atoms with E-state index in [0.29, 0.717) is 18.4 Å². The zero-order valence-corrected chi connectivity index (χ0v) is 13.3. The van der Waals surface area contributed by atoms with E-state index in [1.807, 2.05) is 0 Å². The summed E-state index contributed by atoms with van der Waals surface area (Å²) in [5.41, 5.74) is 0.621. The lowest BCUT2D eigenvalue weighted by molar-refractivity contribution is 0.551. The largest absolute Gasteiger partial charge is 0.240 e. The maximum atomic E-state index is 12.4. The van der Waals surface area contributed by atoms with E-state index >= 15 is 0 Å². The summed E-state index contributed by atoms with van der Waals surface area (Å²) < 4.78 is 51.4. The van der Waals surface area contributed by atoms with Gasteiger partial charge in [-0.25, -0.2) is 21.6 Å². The topological polar surface area (TPSA) is 80.3 Å². The van der Waals surface area contributed by atoms with Gasteiger partial charge in [0.2, 0.25) is 10.0 Å². The summed E-state index contributed by atoms with van der Waals surface area (Å²) in [6.07, 6.45) is 5.01. The van der Waals surface area contributed by atoms with Crippen molar-refractivity contribution in [2.24, 2.45) is 0 Å². The van der Waals surface area contributed by atoms with Crippen LogP contribution in [-0.4, -0.2) is 28.6 Å². The fraction of sp³-hybridized carbons (Fsp3) is 0.571. The van der Waals surface area contributed by atoms with E-state index in [2.05, 4.69) is 4.72 Å². The highest BCUT2D eigenvalue weighted by molar-refractivity contribution is 7.91. The Labute approximate surface area is 125 Å². The second-order valence-electron chi connectivity index (χ2n) is 5.79. The zero-order chi connectivity index (χ0) is 15.1. The van der Waals surface area contributed by atoms with Gasteiger partial charge in [-0.1, -0.05) is 12.8 Å². The van der Waals surface area contributed by atoms with Crippen molar-refractivity contribution in [3.8, 4) is 0 Å². The molecule has 1 aliphatic heterocycles. The minimum atomic E-state index is -3.56. The summed E-state index contributed by atoms with van der Waals surface area (Å²) in [7, 11) is -6.80. The first-order valence-corrected chi connectivity index (χ1v) is 10.4. The third-order valence-electron chi connectivity index (χ3n) is 4.21. The molecular weight excluding hydrogens is 310 g/mol. The SMILES string of the molecule is O=S1(=O)CCCc2cc(S(=O)(=O)NC3CCCC3)ccc21. The Kier molecular flexibility index (Phi) is 3.83. The van der Waals surface area contributed by atoms with Gasteiger partial charge in [0.1, 0.15) is 0 Å². The van der Waals surface area contributed by atoms with E-state index in [-0.39, 0.29) is 21.6 Å². The number of rotatable bonds is 3. The maximum absolute atomic E-state index is 12.4. The highest BCUT2D eigenvalue weighted by Gasteiger charge is 2.27. The molecule has 5 nitrogen and oxygen atoms in total. The van der Waals surface area contributed by atoms with Crippen LogP contribution in [0.3, 0.4) is 0 Å². The number of sulfonamides is 1. The van der Waals surface area contributed by atoms with Crippen LogP contribution in [0.15, 0.2) is 28.0 Å². The molecule has 0 unspecified atom stereocenters. The van der Waals surface area contributed by atoms with E-state index in [4.69, 9.17) is 0 Å². The molecule has 2 aliphatic rings. The standard InChI is InChI=1S/C14H19NO4S2/c16-20(17)9-3-4-11-10-13(7-8-14(11)20)21(18,19)15-12-5-1-2-6-12/h7-8,10,12,15H,1-6,9H2. The molecule has 21 heavy (non-hydrogen) atoms. The van der Waals surface area contributed by atoms with E-state index in [9.17, 15) is 16.8 Å². The monoisotopic (exact) mass is 329 g/mol. The predicted octanol–water partition coefficient (Wildman–Crippen LogP) is 1.63. The highest BCUT2D eigenvalue weighted by Crippen LogP contribution is 2.28. The van der Waals surface area contributed by atoms with Gasteiger partial charge in [0.25, 0.3) is 0 Å². The molecule has 0 aromatic heterocycles. The summed E-state index contributed by atoms with van der Waals surface area (Å²) in [5.74, 6) is 0.145. The van der Waals surface area contributed by atoms with Gasteiger partial charge in [-0.2, -0.15) is 0 Å². The molecule has 1 aliphatic carbocycles. The maximum Gasteiger partial charge on any atom is 0.240 e. The van der Waals surface area contributed by atoms with Crippen LogP contribution in [0.1, 0.15) is 37.7 Å². The highest BCUT2D eigenvalue weighted by atomic mass is 32.2. The van der Waals surface area contributed by atoms with E-state index in [1.165, 1.54) is 18.2 Å². The molecule has 1 aromatic carbocycles. The minimum Gasteiger partial charge on any atom is -0.224 e.